The first-order valence-electron chi connectivity index (χ1n) is 6.27. The number of benzene rings is 1. The Morgan fingerprint density at radius 3 is 2.90 bits per heavy atom. The number of aromatic nitrogens is 2. The van der Waals surface area contributed by atoms with Crippen LogP contribution in [0.2, 0.25) is 0 Å². The first-order valence-corrected chi connectivity index (χ1v) is 6.27. The van der Waals surface area contributed by atoms with Crippen LogP contribution in [0.4, 0.5) is 5.69 Å². The number of hydrogen-bond donors (Lipinski definition) is 1. The summed E-state index contributed by atoms with van der Waals surface area (Å²) in [5, 5.41) is 4.33. The number of rotatable bonds is 4. The van der Waals surface area contributed by atoms with E-state index in [0.717, 1.165) is 28.2 Å². The van der Waals surface area contributed by atoms with Crippen molar-refractivity contribution in [3.05, 3.63) is 42.6 Å². The number of hydrogen-bond acceptors (Lipinski definition) is 3. The van der Waals surface area contributed by atoms with Crippen molar-refractivity contribution in [2.45, 2.75) is 0 Å². The van der Waals surface area contributed by atoms with Crippen molar-refractivity contribution in [3.8, 4) is 11.3 Å². The second-order valence-electron chi connectivity index (χ2n) is 4.59. The summed E-state index contributed by atoms with van der Waals surface area (Å²) in [6.07, 6.45) is 3.53. The topological polar surface area (TPSA) is 59.4 Å². The van der Waals surface area contributed by atoms with E-state index in [4.69, 9.17) is 5.73 Å². The van der Waals surface area contributed by atoms with Gasteiger partial charge in [-0.2, -0.15) is 5.10 Å². The molecule has 2 aromatic rings. The highest BCUT2D eigenvalue weighted by atomic mass is 15.3. The van der Waals surface area contributed by atoms with Gasteiger partial charge < -0.3 is 10.6 Å². The fourth-order valence-corrected chi connectivity index (χ4v) is 2.11. The molecule has 5 nitrogen and oxygen atoms in total. The van der Waals surface area contributed by atoms with Crippen molar-refractivity contribution in [2.75, 3.05) is 19.8 Å². The van der Waals surface area contributed by atoms with Gasteiger partial charge in [0, 0.05) is 43.7 Å². The Morgan fingerprint density at radius 1 is 1.50 bits per heavy atom. The summed E-state index contributed by atoms with van der Waals surface area (Å²) in [6.45, 7) is 4.12. The van der Waals surface area contributed by atoms with Crippen LogP contribution in [0.1, 0.15) is 5.56 Å². The average molecular weight is 269 g/mol. The van der Waals surface area contributed by atoms with Gasteiger partial charge in [-0.1, -0.05) is 18.7 Å². The van der Waals surface area contributed by atoms with Crippen molar-refractivity contribution < 1.29 is 0 Å². The maximum atomic E-state index is 5.86. The number of nitrogens with two attached hydrogens (primary N) is 1. The van der Waals surface area contributed by atoms with Gasteiger partial charge in [-0.15, -0.1) is 0 Å². The van der Waals surface area contributed by atoms with Gasteiger partial charge in [-0.05, 0) is 12.1 Å². The number of nitrogen functional groups attached to an aromatic ring is 1. The van der Waals surface area contributed by atoms with Crippen LogP contribution in [0.3, 0.4) is 0 Å². The molecule has 5 heteroatoms. The lowest BCUT2D eigenvalue weighted by molar-refractivity contribution is 0.741. The second-order valence-corrected chi connectivity index (χ2v) is 4.59. The van der Waals surface area contributed by atoms with Crippen molar-refractivity contribution >= 4 is 17.7 Å². The number of anilines is 1. The molecule has 0 bridgehead atoms. The highest BCUT2D eigenvalue weighted by molar-refractivity contribution is 5.83. The molecule has 0 amide bonds. The molecule has 0 saturated carbocycles. The molecule has 0 aliphatic heterocycles. The summed E-state index contributed by atoms with van der Waals surface area (Å²) in [5.74, 6) is 0. The third-order valence-corrected chi connectivity index (χ3v) is 3.12. The Labute approximate surface area is 119 Å². The smallest absolute Gasteiger partial charge is 0.0888 e. The number of nitrogens with zero attached hydrogens (tertiary/aromatic N) is 4. The van der Waals surface area contributed by atoms with Gasteiger partial charge in [0.1, 0.15) is 0 Å². The van der Waals surface area contributed by atoms with Gasteiger partial charge in [-0.3, -0.25) is 9.67 Å². The minimum Gasteiger partial charge on any atom is -0.399 e. The number of aliphatic imine (C=N–C) groups is 1. The summed E-state index contributed by atoms with van der Waals surface area (Å²) in [7, 11) is 5.54. The van der Waals surface area contributed by atoms with Crippen molar-refractivity contribution in [2.24, 2.45) is 12.0 Å². The Hall–Kier alpha value is -2.56. The molecule has 0 unspecified atom stereocenters. The van der Waals surface area contributed by atoms with Gasteiger partial charge in [0.05, 0.1) is 18.2 Å². The van der Waals surface area contributed by atoms with Crippen LogP contribution >= 0.6 is 0 Å². The summed E-state index contributed by atoms with van der Waals surface area (Å²) in [5.41, 5.74) is 10.4. The molecule has 1 aromatic carbocycles. The van der Waals surface area contributed by atoms with E-state index in [2.05, 4.69) is 16.7 Å². The molecule has 2 N–H and O–H groups in total. The van der Waals surface area contributed by atoms with Gasteiger partial charge in [0.2, 0.25) is 0 Å². The molecular weight excluding hydrogens is 250 g/mol. The molecule has 1 heterocycles. The summed E-state index contributed by atoms with van der Waals surface area (Å²) in [4.78, 5) is 5.87. The van der Waals surface area contributed by atoms with Crippen LogP contribution in [-0.2, 0) is 7.05 Å². The standard InChI is InChI=1S/C15H19N5/c1-11(19(3)10-17-2)14-9-18-20(4)15(14)12-6-5-7-13(16)8-12/h5-10H,1,16H2,2-4H3. The Morgan fingerprint density at radius 2 is 2.25 bits per heavy atom. The molecule has 0 radical (unpaired) electrons. The monoisotopic (exact) mass is 269 g/mol. The number of aryl methyl sites for hydroxylation is 1. The maximum absolute atomic E-state index is 5.86. The van der Waals surface area contributed by atoms with Crippen LogP contribution < -0.4 is 5.73 Å². The van der Waals surface area contributed by atoms with Crippen LogP contribution in [0.5, 0.6) is 0 Å². The first-order chi connectivity index (χ1) is 9.54. The second kappa shape index (κ2) is 5.61. The van der Waals surface area contributed by atoms with Gasteiger partial charge in [0.15, 0.2) is 0 Å². The fraction of sp³-hybridized carbons (Fsp3) is 0.200. The molecular formula is C15H19N5. The van der Waals surface area contributed by atoms with Gasteiger partial charge >= 0.3 is 0 Å². The van der Waals surface area contributed by atoms with E-state index in [9.17, 15) is 0 Å². The summed E-state index contributed by atoms with van der Waals surface area (Å²) in [6, 6.07) is 7.74. The Balaban J connectivity index is 2.50. The lowest BCUT2D eigenvalue weighted by Gasteiger charge is -2.17. The molecule has 20 heavy (non-hydrogen) atoms. The minimum absolute atomic E-state index is 0.726. The average Bonchev–Trinajstić information content (AvgIpc) is 2.80. The van der Waals surface area contributed by atoms with E-state index in [1.165, 1.54) is 0 Å². The molecule has 0 fully saturated rings. The molecule has 0 saturated heterocycles. The first kappa shape index (κ1) is 13.9. The molecule has 1 aromatic heterocycles. The van der Waals surface area contributed by atoms with Crippen molar-refractivity contribution in [3.63, 3.8) is 0 Å². The normalized spacial score (nSPS) is 10.9. The largest absolute Gasteiger partial charge is 0.399 e. The van der Waals surface area contributed by atoms with E-state index in [-0.39, 0.29) is 0 Å². The van der Waals surface area contributed by atoms with Crippen LogP contribution in [0.15, 0.2) is 42.0 Å². The lowest BCUT2D eigenvalue weighted by atomic mass is 10.1. The van der Waals surface area contributed by atoms with E-state index in [0.29, 0.717) is 0 Å². The van der Waals surface area contributed by atoms with Crippen LogP contribution in [-0.4, -0.2) is 35.1 Å². The molecule has 0 aliphatic carbocycles. The van der Waals surface area contributed by atoms with E-state index < -0.39 is 0 Å². The van der Waals surface area contributed by atoms with Crippen molar-refractivity contribution in [1.82, 2.24) is 14.7 Å². The minimum atomic E-state index is 0.726. The highest BCUT2D eigenvalue weighted by Crippen LogP contribution is 2.29. The molecule has 2 rings (SSSR count). The zero-order valence-corrected chi connectivity index (χ0v) is 12.0. The molecule has 0 spiro atoms. The van der Waals surface area contributed by atoms with Crippen LogP contribution in [0, 0.1) is 0 Å². The van der Waals surface area contributed by atoms with Gasteiger partial charge in [0.25, 0.3) is 0 Å². The third-order valence-electron chi connectivity index (χ3n) is 3.12. The molecule has 0 aliphatic rings. The zero-order valence-electron chi connectivity index (χ0n) is 12.0. The van der Waals surface area contributed by atoms with E-state index >= 15 is 0 Å². The Kier molecular flexibility index (Phi) is 3.89. The maximum Gasteiger partial charge on any atom is 0.0888 e. The predicted molar refractivity (Wildman–Crippen MR) is 84.3 cm³/mol. The quantitative estimate of drug-likeness (QED) is 0.526. The molecule has 104 valence electrons. The van der Waals surface area contributed by atoms with E-state index in [1.807, 2.05) is 47.9 Å². The zero-order chi connectivity index (χ0) is 14.7. The van der Waals surface area contributed by atoms with Gasteiger partial charge in [-0.25, -0.2) is 0 Å². The van der Waals surface area contributed by atoms with E-state index in [1.54, 1.807) is 19.6 Å². The Bertz CT molecular complexity index is 654. The predicted octanol–water partition coefficient (Wildman–Crippen LogP) is 2.23. The summed E-state index contributed by atoms with van der Waals surface area (Å²) >= 11 is 0. The fourth-order valence-electron chi connectivity index (χ4n) is 2.11. The molecule has 0 atom stereocenters. The lowest BCUT2D eigenvalue weighted by Crippen LogP contribution is -2.13. The highest BCUT2D eigenvalue weighted by Gasteiger charge is 2.15. The van der Waals surface area contributed by atoms with Crippen molar-refractivity contribution in [1.29, 1.82) is 0 Å². The van der Waals surface area contributed by atoms with Crippen LogP contribution in [0.25, 0.3) is 17.0 Å². The summed E-state index contributed by atoms with van der Waals surface area (Å²) < 4.78 is 1.83. The third kappa shape index (κ3) is 2.56. The SMILES string of the molecule is C=C(c1cnn(C)c1-c1cccc(N)c1)N(C)C=NC.